The van der Waals surface area contributed by atoms with E-state index in [0.717, 1.165) is 19.4 Å². The zero-order valence-electron chi connectivity index (χ0n) is 11.3. The molecule has 1 N–H and O–H groups in total. The molecular formula is C13H18BrClN2O2S. The summed E-state index contributed by atoms with van der Waals surface area (Å²) in [5.41, 5.74) is 0. The minimum atomic E-state index is -3.47. The molecule has 0 radical (unpaired) electrons. The van der Waals surface area contributed by atoms with Crippen LogP contribution in [0.15, 0.2) is 27.6 Å². The van der Waals surface area contributed by atoms with Gasteiger partial charge in [-0.15, -0.1) is 0 Å². The minimum Gasteiger partial charge on any atom is -0.319 e. The van der Waals surface area contributed by atoms with Crippen molar-refractivity contribution < 1.29 is 8.42 Å². The van der Waals surface area contributed by atoms with Crippen LogP contribution in [0.5, 0.6) is 0 Å². The Morgan fingerprint density at radius 3 is 2.65 bits per heavy atom. The van der Waals surface area contributed by atoms with E-state index in [-0.39, 0.29) is 4.90 Å². The van der Waals surface area contributed by atoms with Crippen molar-refractivity contribution >= 4 is 37.6 Å². The van der Waals surface area contributed by atoms with Gasteiger partial charge >= 0.3 is 0 Å². The van der Waals surface area contributed by atoms with Crippen molar-refractivity contribution in [2.75, 3.05) is 26.7 Å². The van der Waals surface area contributed by atoms with Gasteiger partial charge in [-0.25, -0.2) is 8.42 Å². The number of hydrogen-bond donors (Lipinski definition) is 1. The summed E-state index contributed by atoms with van der Waals surface area (Å²) in [7, 11) is -1.55. The lowest BCUT2D eigenvalue weighted by Crippen LogP contribution is -2.40. The van der Waals surface area contributed by atoms with Crippen LogP contribution in [0.25, 0.3) is 0 Å². The smallest absolute Gasteiger partial charge is 0.244 e. The SMILES string of the molecule is CNCC1CCN(S(=O)(=O)c2cccc(Cl)c2Br)CC1. The summed E-state index contributed by atoms with van der Waals surface area (Å²) in [5, 5.41) is 3.56. The van der Waals surface area contributed by atoms with Crippen LogP contribution in [0.4, 0.5) is 0 Å². The number of nitrogens with one attached hydrogen (secondary N) is 1. The summed E-state index contributed by atoms with van der Waals surface area (Å²) in [4.78, 5) is 0.247. The second-order valence-corrected chi connectivity index (χ2v) is 8.06. The van der Waals surface area contributed by atoms with Crippen molar-refractivity contribution in [2.45, 2.75) is 17.7 Å². The van der Waals surface area contributed by atoms with E-state index in [2.05, 4.69) is 21.2 Å². The van der Waals surface area contributed by atoms with Crippen LogP contribution in [0.1, 0.15) is 12.8 Å². The molecule has 1 aliphatic rings. The largest absolute Gasteiger partial charge is 0.319 e. The molecule has 0 saturated carbocycles. The van der Waals surface area contributed by atoms with Crippen molar-refractivity contribution in [1.29, 1.82) is 0 Å². The maximum absolute atomic E-state index is 12.6. The van der Waals surface area contributed by atoms with E-state index in [4.69, 9.17) is 11.6 Å². The van der Waals surface area contributed by atoms with Crippen molar-refractivity contribution in [3.63, 3.8) is 0 Å². The Hall–Kier alpha value is -0.140. The fourth-order valence-electron chi connectivity index (χ4n) is 2.46. The summed E-state index contributed by atoms with van der Waals surface area (Å²) in [6.07, 6.45) is 1.77. The highest BCUT2D eigenvalue weighted by atomic mass is 79.9. The molecule has 2 rings (SSSR count). The molecule has 0 spiro atoms. The Balaban J connectivity index is 2.18. The van der Waals surface area contributed by atoms with Gasteiger partial charge in [0.2, 0.25) is 10.0 Å². The van der Waals surface area contributed by atoms with E-state index < -0.39 is 10.0 Å². The summed E-state index contributed by atoms with van der Waals surface area (Å²) in [6, 6.07) is 4.92. The van der Waals surface area contributed by atoms with Crippen LogP contribution >= 0.6 is 27.5 Å². The Morgan fingerprint density at radius 1 is 1.40 bits per heavy atom. The average Bonchev–Trinajstić information content (AvgIpc) is 2.42. The van der Waals surface area contributed by atoms with E-state index in [1.54, 1.807) is 22.5 Å². The van der Waals surface area contributed by atoms with Crippen LogP contribution in [0, 0.1) is 5.92 Å². The average molecular weight is 382 g/mol. The summed E-state index contributed by atoms with van der Waals surface area (Å²) in [6.45, 7) is 2.07. The molecule has 20 heavy (non-hydrogen) atoms. The van der Waals surface area contributed by atoms with Crippen LogP contribution in [0.2, 0.25) is 5.02 Å². The number of piperidine rings is 1. The van der Waals surface area contributed by atoms with Gasteiger partial charge in [0, 0.05) is 13.1 Å². The monoisotopic (exact) mass is 380 g/mol. The Labute approximate surface area is 133 Å². The number of nitrogens with zero attached hydrogens (tertiary/aromatic N) is 1. The first kappa shape index (κ1) is 16.2. The van der Waals surface area contributed by atoms with Crippen molar-refractivity contribution in [1.82, 2.24) is 9.62 Å². The number of sulfonamides is 1. The molecule has 0 bridgehead atoms. The van der Waals surface area contributed by atoms with Crippen molar-refractivity contribution in [3.05, 3.63) is 27.7 Å². The first-order chi connectivity index (χ1) is 9.46. The highest BCUT2D eigenvalue weighted by Gasteiger charge is 2.30. The van der Waals surface area contributed by atoms with Crippen molar-refractivity contribution in [2.24, 2.45) is 5.92 Å². The highest BCUT2D eigenvalue weighted by Crippen LogP contribution is 2.32. The molecule has 1 aliphatic heterocycles. The van der Waals surface area contributed by atoms with Gasteiger partial charge in [-0.05, 0) is 60.4 Å². The molecule has 4 nitrogen and oxygen atoms in total. The molecule has 1 fully saturated rings. The number of rotatable bonds is 4. The maximum atomic E-state index is 12.6. The second-order valence-electron chi connectivity index (χ2n) is 4.96. The van der Waals surface area contributed by atoms with E-state index in [1.807, 2.05) is 7.05 Å². The molecule has 1 aromatic rings. The molecule has 0 aliphatic carbocycles. The predicted octanol–water partition coefficient (Wildman–Crippen LogP) is 2.72. The first-order valence-corrected chi connectivity index (χ1v) is 9.16. The van der Waals surface area contributed by atoms with Gasteiger partial charge in [-0.1, -0.05) is 17.7 Å². The minimum absolute atomic E-state index is 0.247. The zero-order chi connectivity index (χ0) is 14.8. The number of benzene rings is 1. The van der Waals surface area contributed by atoms with E-state index in [0.29, 0.717) is 28.5 Å². The Kier molecular flexibility index (Phi) is 5.48. The predicted molar refractivity (Wildman–Crippen MR) is 84.6 cm³/mol. The topological polar surface area (TPSA) is 49.4 Å². The third-order valence-corrected chi connectivity index (χ3v) is 7.20. The molecule has 0 unspecified atom stereocenters. The van der Waals surface area contributed by atoms with Gasteiger partial charge in [-0.2, -0.15) is 4.31 Å². The standard InChI is InChI=1S/C13H18BrClN2O2S/c1-16-9-10-5-7-17(8-6-10)20(18,19)12-4-2-3-11(15)13(12)14/h2-4,10,16H,5-9H2,1H3. The lowest BCUT2D eigenvalue weighted by Gasteiger charge is -2.31. The van der Waals surface area contributed by atoms with Crippen LogP contribution in [-0.4, -0.2) is 39.4 Å². The van der Waals surface area contributed by atoms with E-state index in [9.17, 15) is 8.42 Å². The van der Waals surface area contributed by atoms with Gasteiger partial charge in [0.25, 0.3) is 0 Å². The number of hydrogen-bond acceptors (Lipinski definition) is 3. The third kappa shape index (κ3) is 3.36. The summed E-state index contributed by atoms with van der Waals surface area (Å²) < 4.78 is 27.3. The number of halogens is 2. The Bertz CT molecular complexity index is 572. The Morgan fingerprint density at radius 2 is 2.05 bits per heavy atom. The normalized spacial score (nSPS) is 18.4. The lowest BCUT2D eigenvalue weighted by atomic mass is 9.98. The van der Waals surface area contributed by atoms with Crippen LogP contribution < -0.4 is 5.32 Å². The molecular weight excluding hydrogens is 364 g/mol. The molecule has 0 atom stereocenters. The molecule has 0 amide bonds. The van der Waals surface area contributed by atoms with Gasteiger partial charge in [-0.3, -0.25) is 0 Å². The fourth-order valence-corrected chi connectivity index (χ4v) is 5.13. The van der Waals surface area contributed by atoms with E-state index in [1.165, 1.54) is 0 Å². The highest BCUT2D eigenvalue weighted by molar-refractivity contribution is 9.10. The quantitative estimate of drug-likeness (QED) is 0.872. The molecule has 112 valence electrons. The zero-order valence-corrected chi connectivity index (χ0v) is 14.4. The first-order valence-electron chi connectivity index (χ1n) is 6.55. The summed E-state index contributed by atoms with van der Waals surface area (Å²) >= 11 is 9.26. The van der Waals surface area contributed by atoms with Gasteiger partial charge in [0.15, 0.2) is 0 Å². The maximum Gasteiger partial charge on any atom is 0.244 e. The molecule has 7 heteroatoms. The van der Waals surface area contributed by atoms with E-state index >= 15 is 0 Å². The van der Waals surface area contributed by atoms with Gasteiger partial charge in [0.1, 0.15) is 0 Å². The third-order valence-electron chi connectivity index (χ3n) is 3.60. The molecule has 1 saturated heterocycles. The van der Waals surface area contributed by atoms with Gasteiger partial charge < -0.3 is 5.32 Å². The molecule has 0 aromatic heterocycles. The van der Waals surface area contributed by atoms with Crippen molar-refractivity contribution in [3.8, 4) is 0 Å². The molecule has 1 aromatic carbocycles. The summed E-state index contributed by atoms with van der Waals surface area (Å²) in [5.74, 6) is 0.550. The van der Waals surface area contributed by atoms with Crippen LogP contribution in [-0.2, 0) is 10.0 Å². The fraction of sp³-hybridized carbons (Fsp3) is 0.538. The second kappa shape index (κ2) is 6.75. The molecule has 1 heterocycles. The van der Waals surface area contributed by atoms with Gasteiger partial charge in [0.05, 0.1) is 14.4 Å². The lowest BCUT2D eigenvalue weighted by molar-refractivity contribution is 0.270. The van der Waals surface area contributed by atoms with Crippen LogP contribution in [0.3, 0.4) is 0 Å².